The van der Waals surface area contributed by atoms with Crippen molar-refractivity contribution in [3.05, 3.63) is 38.4 Å². The predicted octanol–water partition coefficient (Wildman–Crippen LogP) is 6.76. The molecule has 2 aromatic rings. The number of halogens is 8. The van der Waals surface area contributed by atoms with E-state index >= 15 is 0 Å². The van der Waals surface area contributed by atoms with Gasteiger partial charge in [-0.15, -0.1) is 11.3 Å². The number of carbonyl (C=O) groups excluding carboxylic acids is 1. The van der Waals surface area contributed by atoms with Crippen LogP contribution in [0.3, 0.4) is 0 Å². The number of hydrogen-bond donors (Lipinski definition) is 1. The molecule has 0 unspecified atom stereocenters. The average Bonchev–Trinajstić information content (AvgIpc) is 3.47. The molecule has 2 fully saturated rings. The van der Waals surface area contributed by atoms with Gasteiger partial charge in [0.1, 0.15) is 5.69 Å². The summed E-state index contributed by atoms with van der Waals surface area (Å²) in [5.41, 5.74) is -6.87. The molecule has 0 radical (unpaired) electrons. The number of rotatable bonds is 4. The fourth-order valence-electron chi connectivity index (χ4n) is 4.68. The van der Waals surface area contributed by atoms with Crippen LogP contribution in [0, 0.1) is 0 Å². The van der Waals surface area contributed by atoms with Crippen molar-refractivity contribution < 1.29 is 36.2 Å². The van der Waals surface area contributed by atoms with Crippen molar-refractivity contribution >= 4 is 40.4 Å². The SMILES string of the molecule is CCc1nc(C(=O)N2C3CCC2CC3)c(-c2ccc(C(O)(C(F)(F)F)C(F)(F)F)c(Cl)c2Cl)s1. The molecule has 2 aliphatic rings. The van der Waals surface area contributed by atoms with Crippen LogP contribution in [0.4, 0.5) is 26.3 Å². The Morgan fingerprint density at radius 2 is 1.59 bits per heavy atom. The second-order valence-electron chi connectivity index (χ2n) is 8.31. The van der Waals surface area contributed by atoms with Gasteiger partial charge >= 0.3 is 12.4 Å². The number of alkyl halides is 6. The summed E-state index contributed by atoms with van der Waals surface area (Å²) in [5.74, 6) is -0.352. The van der Waals surface area contributed by atoms with Gasteiger partial charge in [0.2, 0.25) is 0 Å². The Morgan fingerprint density at radius 1 is 1.06 bits per heavy atom. The second kappa shape index (κ2) is 8.53. The maximum atomic E-state index is 13.4. The van der Waals surface area contributed by atoms with Gasteiger partial charge in [0.15, 0.2) is 0 Å². The lowest BCUT2D eigenvalue weighted by Crippen LogP contribution is -2.54. The molecule has 13 heteroatoms. The summed E-state index contributed by atoms with van der Waals surface area (Å²) in [6, 6.07) is 1.48. The topological polar surface area (TPSA) is 53.4 Å². The summed E-state index contributed by atoms with van der Waals surface area (Å²) < 4.78 is 80.2. The standard InChI is InChI=1S/C21H18Cl2F6N2O2S/c1-2-13-30-16(18(32)31-9-3-4-10(31)6-5-9)17(34-13)11-7-8-12(15(23)14(11)22)19(33,20(24,25)26)21(27,28)29/h7-10,33H,2-6H2,1H3. The summed E-state index contributed by atoms with van der Waals surface area (Å²) in [7, 11) is 0. The number of aromatic nitrogens is 1. The van der Waals surface area contributed by atoms with Gasteiger partial charge in [-0.2, -0.15) is 26.3 Å². The van der Waals surface area contributed by atoms with Crippen LogP contribution >= 0.6 is 34.5 Å². The van der Waals surface area contributed by atoms with Crippen LogP contribution in [0.5, 0.6) is 0 Å². The molecular weight excluding hydrogens is 529 g/mol. The highest BCUT2D eigenvalue weighted by atomic mass is 35.5. The van der Waals surface area contributed by atoms with Crippen LogP contribution < -0.4 is 0 Å². The molecule has 4 rings (SSSR count). The smallest absolute Gasteiger partial charge is 0.369 e. The minimum absolute atomic E-state index is 0.0331. The minimum Gasteiger partial charge on any atom is -0.369 e. The van der Waals surface area contributed by atoms with Gasteiger partial charge < -0.3 is 10.0 Å². The molecule has 3 heterocycles. The van der Waals surface area contributed by atoms with Crippen molar-refractivity contribution in [1.82, 2.24) is 9.88 Å². The van der Waals surface area contributed by atoms with E-state index in [0.29, 0.717) is 17.5 Å². The van der Waals surface area contributed by atoms with Gasteiger partial charge in [-0.3, -0.25) is 4.79 Å². The Hall–Kier alpha value is -1.56. The normalized spacial score (nSPS) is 20.9. The number of carbonyl (C=O) groups is 1. The van der Waals surface area contributed by atoms with Crippen molar-refractivity contribution in [3.63, 3.8) is 0 Å². The zero-order chi connectivity index (χ0) is 25.2. The van der Waals surface area contributed by atoms with Gasteiger partial charge in [0.25, 0.3) is 11.5 Å². The summed E-state index contributed by atoms with van der Waals surface area (Å²) in [6.07, 6.45) is -8.32. The number of aliphatic hydroxyl groups is 1. The van der Waals surface area contributed by atoms with E-state index in [-0.39, 0.29) is 34.1 Å². The quantitative estimate of drug-likeness (QED) is 0.431. The van der Waals surface area contributed by atoms with E-state index in [1.54, 1.807) is 11.8 Å². The fraction of sp³-hybridized carbons (Fsp3) is 0.524. The van der Waals surface area contributed by atoms with Crippen molar-refractivity contribution in [2.45, 2.75) is 69.1 Å². The molecule has 0 saturated carbocycles. The zero-order valence-electron chi connectivity index (χ0n) is 17.5. The van der Waals surface area contributed by atoms with Crippen molar-refractivity contribution in [1.29, 1.82) is 0 Å². The average molecular weight is 547 g/mol. The maximum Gasteiger partial charge on any atom is 0.430 e. The predicted molar refractivity (Wildman–Crippen MR) is 115 cm³/mol. The van der Waals surface area contributed by atoms with Crippen LogP contribution in [0.25, 0.3) is 10.4 Å². The second-order valence-corrected chi connectivity index (χ2v) is 10.1. The third kappa shape index (κ3) is 3.79. The van der Waals surface area contributed by atoms with Gasteiger partial charge in [0, 0.05) is 23.2 Å². The van der Waals surface area contributed by atoms with Crippen LogP contribution in [-0.2, 0) is 12.0 Å². The molecule has 2 saturated heterocycles. The van der Waals surface area contributed by atoms with Gasteiger partial charge in [0.05, 0.1) is 19.9 Å². The first-order valence-electron chi connectivity index (χ1n) is 10.4. The monoisotopic (exact) mass is 546 g/mol. The van der Waals surface area contributed by atoms with E-state index in [2.05, 4.69) is 4.98 Å². The number of aryl methyl sites for hydroxylation is 1. The molecule has 0 spiro atoms. The molecule has 2 bridgehead atoms. The number of nitrogens with zero attached hydrogens (tertiary/aromatic N) is 2. The maximum absolute atomic E-state index is 13.4. The number of amides is 1. The molecule has 186 valence electrons. The summed E-state index contributed by atoms with van der Waals surface area (Å²) in [4.78, 5) is 19.7. The number of benzene rings is 1. The number of hydrogen-bond acceptors (Lipinski definition) is 4. The first kappa shape index (κ1) is 25.5. The van der Waals surface area contributed by atoms with E-state index in [1.807, 2.05) is 0 Å². The molecular formula is C21H18Cl2F6N2O2S. The largest absolute Gasteiger partial charge is 0.430 e. The van der Waals surface area contributed by atoms with Gasteiger partial charge in [-0.05, 0) is 32.1 Å². The third-order valence-electron chi connectivity index (χ3n) is 6.40. The molecule has 34 heavy (non-hydrogen) atoms. The van der Waals surface area contributed by atoms with E-state index in [1.165, 1.54) is 0 Å². The molecule has 1 N–H and O–H groups in total. The van der Waals surface area contributed by atoms with Crippen LogP contribution in [0.15, 0.2) is 12.1 Å². The lowest BCUT2D eigenvalue weighted by atomic mass is 9.91. The minimum atomic E-state index is -6.12. The van der Waals surface area contributed by atoms with Crippen molar-refractivity contribution in [2.24, 2.45) is 0 Å². The molecule has 0 atom stereocenters. The summed E-state index contributed by atoms with van der Waals surface area (Å²) in [5, 5.41) is 8.55. The Labute approximate surface area is 204 Å². The molecule has 0 aliphatic carbocycles. The van der Waals surface area contributed by atoms with Crippen molar-refractivity contribution in [3.8, 4) is 10.4 Å². The van der Waals surface area contributed by atoms with Gasteiger partial charge in [-0.25, -0.2) is 4.98 Å². The molecule has 2 aliphatic heterocycles. The van der Waals surface area contributed by atoms with E-state index in [0.717, 1.165) is 43.1 Å². The van der Waals surface area contributed by atoms with Gasteiger partial charge in [-0.1, -0.05) is 42.3 Å². The lowest BCUT2D eigenvalue weighted by molar-refractivity contribution is -0.376. The number of thiazole rings is 1. The van der Waals surface area contributed by atoms with Crippen LogP contribution in [0.1, 0.15) is 53.7 Å². The summed E-state index contributed by atoms with van der Waals surface area (Å²) in [6.45, 7) is 1.79. The van der Waals surface area contributed by atoms with Crippen molar-refractivity contribution in [2.75, 3.05) is 0 Å². The highest BCUT2D eigenvalue weighted by molar-refractivity contribution is 7.15. The Bertz CT molecular complexity index is 1100. The Kier molecular flexibility index (Phi) is 6.41. The summed E-state index contributed by atoms with van der Waals surface area (Å²) >= 11 is 13.1. The molecule has 1 amide bonds. The van der Waals surface area contributed by atoms with Crippen LogP contribution in [0.2, 0.25) is 10.0 Å². The fourth-order valence-corrected chi connectivity index (χ4v) is 6.32. The first-order valence-corrected chi connectivity index (χ1v) is 12.0. The molecule has 1 aromatic carbocycles. The highest BCUT2D eigenvalue weighted by Crippen LogP contribution is 2.54. The van der Waals surface area contributed by atoms with Crippen LogP contribution in [-0.4, -0.2) is 45.3 Å². The first-order chi connectivity index (χ1) is 15.7. The Morgan fingerprint density at radius 3 is 2.06 bits per heavy atom. The lowest BCUT2D eigenvalue weighted by Gasteiger charge is -2.33. The van der Waals surface area contributed by atoms with E-state index in [9.17, 15) is 36.2 Å². The number of fused-ring (bicyclic) bond motifs is 2. The molecule has 4 nitrogen and oxygen atoms in total. The van der Waals surface area contributed by atoms with E-state index in [4.69, 9.17) is 23.2 Å². The molecule has 1 aromatic heterocycles. The highest BCUT2D eigenvalue weighted by Gasteiger charge is 2.72. The third-order valence-corrected chi connectivity index (χ3v) is 8.52. The Balaban J connectivity index is 1.84. The van der Waals surface area contributed by atoms with E-state index < -0.39 is 33.6 Å². The zero-order valence-corrected chi connectivity index (χ0v) is 19.9.